The molecule has 0 saturated heterocycles. The molecule has 0 atom stereocenters. The van der Waals surface area contributed by atoms with Gasteiger partial charge in [0.15, 0.2) is 0 Å². The Bertz CT molecular complexity index is 1260. The van der Waals surface area contributed by atoms with Gasteiger partial charge in [-0.2, -0.15) is 0 Å². The molecule has 180 valence electrons. The van der Waals surface area contributed by atoms with Gasteiger partial charge in [-0.05, 0) is 55.8 Å². The van der Waals surface area contributed by atoms with Crippen LogP contribution in [-0.2, 0) is 14.3 Å². The zero-order chi connectivity index (χ0) is 24.8. The Morgan fingerprint density at radius 3 is 2.54 bits per heavy atom. The first kappa shape index (κ1) is 24.5. The van der Waals surface area contributed by atoms with E-state index in [0.717, 1.165) is 15.4 Å². The van der Waals surface area contributed by atoms with Crippen molar-refractivity contribution in [3.8, 4) is 0 Å². The zero-order valence-corrected chi connectivity index (χ0v) is 20.4. The van der Waals surface area contributed by atoms with Gasteiger partial charge in [-0.15, -0.1) is 0 Å². The molecule has 2 amide bonds. The molecule has 1 aliphatic rings. The predicted octanol–water partition coefficient (Wildman–Crippen LogP) is 4.94. The number of nitrogens with one attached hydrogen (secondary N) is 1. The number of rotatable bonds is 8. The fraction of sp³-hybridized carbons (Fsp3) is 0.222. The van der Waals surface area contributed by atoms with Gasteiger partial charge in [-0.25, -0.2) is 4.79 Å². The van der Waals surface area contributed by atoms with Gasteiger partial charge < -0.3 is 14.8 Å². The van der Waals surface area contributed by atoms with E-state index in [1.165, 1.54) is 16.7 Å². The van der Waals surface area contributed by atoms with Crippen LogP contribution in [0.2, 0.25) is 0 Å². The maximum atomic E-state index is 13.6. The first-order valence-electron chi connectivity index (χ1n) is 11.3. The second-order valence-electron chi connectivity index (χ2n) is 7.87. The molecule has 0 saturated carbocycles. The van der Waals surface area contributed by atoms with Crippen LogP contribution in [0.1, 0.15) is 33.2 Å². The second-order valence-corrected chi connectivity index (χ2v) is 8.95. The van der Waals surface area contributed by atoms with Crippen LogP contribution in [0.3, 0.4) is 0 Å². The predicted molar refractivity (Wildman–Crippen MR) is 135 cm³/mol. The molecule has 3 aromatic rings. The number of nitrogens with zero attached hydrogens (tertiary/aromatic N) is 1. The first-order valence-corrected chi connectivity index (χ1v) is 12.1. The number of esters is 1. The van der Waals surface area contributed by atoms with Gasteiger partial charge in [0, 0.05) is 22.1 Å². The molecule has 0 aliphatic carbocycles. The van der Waals surface area contributed by atoms with Crippen LogP contribution in [-0.4, -0.2) is 44.1 Å². The quantitative estimate of drug-likeness (QED) is 0.356. The third kappa shape index (κ3) is 5.72. The lowest BCUT2D eigenvalue weighted by molar-refractivity contribution is -0.114. The Balaban J connectivity index is 1.65. The molecule has 0 radical (unpaired) electrons. The summed E-state index contributed by atoms with van der Waals surface area (Å²) in [5.74, 6) is -1.17. The SMILES string of the molecule is CCOCCOC(=O)c1ccc2c(c1)N(CC(=O)Nc1ccccc1C)C(=O)c1ccccc1S2. The van der Waals surface area contributed by atoms with E-state index in [2.05, 4.69) is 5.32 Å². The number of carbonyl (C=O) groups excluding carboxylic acids is 3. The molecule has 8 heteroatoms. The van der Waals surface area contributed by atoms with Crippen LogP contribution in [0, 0.1) is 6.92 Å². The van der Waals surface area contributed by atoms with Gasteiger partial charge in [0.05, 0.1) is 23.4 Å². The van der Waals surface area contributed by atoms with Crippen molar-refractivity contribution in [1.82, 2.24) is 0 Å². The van der Waals surface area contributed by atoms with Crippen molar-refractivity contribution in [3.63, 3.8) is 0 Å². The van der Waals surface area contributed by atoms with Gasteiger partial charge in [-0.3, -0.25) is 14.5 Å². The molecule has 0 fully saturated rings. The Labute approximate surface area is 208 Å². The van der Waals surface area contributed by atoms with Crippen molar-refractivity contribution >= 4 is 40.9 Å². The van der Waals surface area contributed by atoms with Gasteiger partial charge in [0.25, 0.3) is 5.91 Å². The third-order valence-corrected chi connectivity index (χ3v) is 6.59. The number of anilines is 2. The van der Waals surface area contributed by atoms with Crippen molar-refractivity contribution in [2.24, 2.45) is 0 Å². The number of ether oxygens (including phenoxy) is 2. The monoisotopic (exact) mass is 490 g/mol. The van der Waals surface area contributed by atoms with E-state index in [0.29, 0.717) is 35.7 Å². The highest BCUT2D eigenvalue weighted by molar-refractivity contribution is 7.99. The van der Waals surface area contributed by atoms with Gasteiger partial charge >= 0.3 is 5.97 Å². The number of carbonyl (C=O) groups is 3. The lowest BCUT2D eigenvalue weighted by atomic mass is 10.1. The molecule has 1 N–H and O–H groups in total. The number of benzene rings is 3. The number of hydrogen-bond donors (Lipinski definition) is 1. The van der Waals surface area contributed by atoms with E-state index in [1.54, 1.807) is 30.3 Å². The average molecular weight is 491 g/mol. The van der Waals surface area contributed by atoms with Crippen LogP contribution in [0.25, 0.3) is 0 Å². The lowest BCUT2D eigenvalue weighted by Crippen LogP contribution is -2.38. The molecule has 1 heterocycles. The Kier molecular flexibility index (Phi) is 7.84. The summed E-state index contributed by atoms with van der Waals surface area (Å²) in [5, 5.41) is 2.89. The third-order valence-electron chi connectivity index (χ3n) is 5.45. The molecule has 35 heavy (non-hydrogen) atoms. The highest BCUT2D eigenvalue weighted by atomic mass is 32.2. The first-order chi connectivity index (χ1) is 17.0. The van der Waals surface area contributed by atoms with Crippen LogP contribution in [0.15, 0.2) is 76.5 Å². The van der Waals surface area contributed by atoms with E-state index in [9.17, 15) is 14.4 Å². The second kappa shape index (κ2) is 11.2. The van der Waals surface area contributed by atoms with E-state index in [-0.39, 0.29) is 25.0 Å². The van der Waals surface area contributed by atoms with E-state index in [4.69, 9.17) is 9.47 Å². The minimum absolute atomic E-state index is 0.130. The molecule has 0 bridgehead atoms. The number of amides is 2. The summed E-state index contributed by atoms with van der Waals surface area (Å²) in [6.45, 7) is 4.53. The van der Waals surface area contributed by atoms with E-state index in [1.807, 2.05) is 50.2 Å². The number of para-hydroxylation sites is 1. The van der Waals surface area contributed by atoms with E-state index < -0.39 is 5.97 Å². The average Bonchev–Trinajstić information content (AvgIpc) is 2.97. The summed E-state index contributed by atoms with van der Waals surface area (Å²) in [6.07, 6.45) is 0. The zero-order valence-electron chi connectivity index (χ0n) is 19.6. The summed E-state index contributed by atoms with van der Waals surface area (Å²) in [4.78, 5) is 42.2. The van der Waals surface area contributed by atoms with Crippen molar-refractivity contribution in [2.75, 3.05) is 36.6 Å². The summed E-state index contributed by atoms with van der Waals surface area (Å²) < 4.78 is 10.5. The van der Waals surface area contributed by atoms with Crippen LogP contribution in [0.5, 0.6) is 0 Å². The number of fused-ring (bicyclic) bond motifs is 2. The highest BCUT2D eigenvalue weighted by Crippen LogP contribution is 2.41. The lowest BCUT2D eigenvalue weighted by Gasteiger charge is -2.23. The van der Waals surface area contributed by atoms with E-state index >= 15 is 0 Å². The highest BCUT2D eigenvalue weighted by Gasteiger charge is 2.29. The van der Waals surface area contributed by atoms with Gasteiger partial charge in [-0.1, -0.05) is 42.1 Å². The van der Waals surface area contributed by atoms with Crippen molar-refractivity contribution in [3.05, 3.63) is 83.4 Å². The van der Waals surface area contributed by atoms with Gasteiger partial charge in [0.1, 0.15) is 13.2 Å². The van der Waals surface area contributed by atoms with Crippen molar-refractivity contribution < 1.29 is 23.9 Å². The summed E-state index contributed by atoms with van der Waals surface area (Å²) in [7, 11) is 0. The maximum absolute atomic E-state index is 13.6. The fourth-order valence-corrected chi connectivity index (χ4v) is 4.73. The molecule has 0 unspecified atom stereocenters. The maximum Gasteiger partial charge on any atom is 0.338 e. The van der Waals surface area contributed by atoms with Crippen LogP contribution >= 0.6 is 11.8 Å². The topological polar surface area (TPSA) is 84.9 Å². The number of hydrogen-bond acceptors (Lipinski definition) is 6. The number of aryl methyl sites for hydroxylation is 1. The molecule has 4 rings (SSSR count). The molecule has 0 spiro atoms. The van der Waals surface area contributed by atoms with Crippen LogP contribution in [0.4, 0.5) is 11.4 Å². The van der Waals surface area contributed by atoms with Crippen molar-refractivity contribution in [1.29, 1.82) is 0 Å². The van der Waals surface area contributed by atoms with Crippen molar-refractivity contribution in [2.45, 2.75) is 23.6 Å². The minimum Gasteiger partial charge on any atom is -0.460 e. The standard InChI is InChI=1S/C27H26N2O5S/c1-3-33-14-15-34-27(32)19-12-13-24-22(16-19)29(26(31)20-9-5-7-11-23(20)35-24)17-25(30)28-21-10-6-4-8-18(21)2/h4-13,16H,3,14-15,17H2,1-2H3,(H,28,30). The summed E-state index contributed by atoms with van der Waals surface area (Å²) in [6, 6.07) is 19.8. The molecular weight excluding hydrogens is 464 g/mol. The summed E-state index contributed by atoms with van der Waals surface area (Å²) in [5.41, 5.74) is 2.88. The molecule has 1 aliphatic heterocycles. The molecule has 0 aromatic heterocycles. The molecular formula is C27H26N2O5S. The molecule has 3 aromatic carbocycles. The largest absolute Gasteiger partial charge is 0.460 e. The Hall–Kier alpha value is -3.62. The summed E-state index contributed by atoms with van der Waals surface area (Å²) >= 11 is 1.42. The normalized spacial score (nSPS) is 12.4. The van der Waals surface area contributed by atoms with Crippen LogP contribution < -0.4 is 10.2 Å². The smallest absolute Gasteiger partial charge is 0.338 e. The Morgan fingerprint density at radius 2 is 1.74 bits per heavy atom. The fourth-order valence-electron chi connectivity index (χ4n) is 3.67. The van der Waals surface area contributed by atoms with Gasteiger partial charge in [0.2, 0.25) is 5.91 Å². The Morgan fingerprint density at radius 1 is 0.971 bits per heavy atom. The minimum atomic E-state index is -0.518. The molecule has 7 nitrogen and oxygen atoms in total.